The number of anilines is 2. The number of benzene rings is 2. The molecule has 1 atom stereocenters. The van der Waals surface area contributed by atoms with Crippen LogP contribution in [0.25, 0.3) is 11.1 Å². The summed E-state index contributed by atoms with van der Waals surface area (Å²) in [7, 11) is 0. The standard InChI is InChI=1S/C21H22N4O/c1-13(21(26)23-20-12-19(24-25-20)14-9-10-14)15-5-4-6-16(11-15)17-7-2-3-8-18(17)22/h2-8,11-14H,9-10,22H2,1H3,(H2,23,24,25,26). The predicted octanol–water partition coefficient (Wildman–Crippen LogP) is 4.28. The Bertz CT molecular complexity index is 942. The molecule has 1 fully saturated rings. The van der Waals surface area contributed by atoms with Crippen LogP contribution in [0.1, 0.15) is 42.9 Å². The number of carbonyl (C=O) groups excluding carboxylic acids is 1. The quantitative estimate of drug-likeness (QED) is 0.603. The Morgan fingerprint density at radius 2 is 2.00 bits per heavy atom. The number of aromatic nitrogens is 2. The van der Waals surface area contributed by atoms with Gasteiger partial charge in [0.15, 0.2) is 5.82 Å². The molecule has 0 saturated heterocycles. The van der Waals surface area contributed by atoms with Gasteiger partial charge in [-0.1, -0.05) is 42.5 Å². The van der Waals surface area contributed by atoms with Crippen molar-refractivity contribution in [2.24, 2.45) is 0 Å². The van der Waals surface area contributed by atoms with Crippen LogP contribution in [-0.2, 0) is 4.79 Å². The zero-order chi connectivity index (χ0) is 18.1. The summed E-state index contributed by atoms with van der Waals surface area (Å²) in [6.45, 7) is 1.90. The number of nitrogen functional groups attached to an aromatic ring is 1. The lowest BCUT2D eigenvalue weighted by Gasteiger charge is -2.13. The molecule has 1 saturated carbocycles. The van der Waals surface area contributed by atoms with Crippen molar-refractivity contribution in [3.8, 4) is 11.1 Å². The first-order valence-electron chi connectivity index (χ1n) is 8.93. The molecule has 1 amide bonds. The normalized spacial score (nSPS) is 14.8. The van der Waals surface area contributed by atoms with Crippen molar-refractivity contribution in [3.05, 3.63) is 65.9 Å². The first-order chi connectivity index (χ1) is 12.6. The lowest BCUT2D eigenvalue weighted by Crippen LogP contribution is -2.19. The van der Waals surface area contributed by atoms with Gasteiger partial charge in [-0.3, -0.25) is 9.89 Å². The molecule has 1 aliphatic carbocycles. The minimum atomic E-state index is -0.291. The van der Waals surface area contributed by atoms with Gasteiger partial charge in [0.05, 0.1) is 5.92 Å². The van der Waals surface area contributed by atoms with E-state index in [2.05, 4.69) is 15.5 Å². The van der Waals surface area contributed by atoms with Gasteiger partial charge in [-0.2, -0.15) is 5.10 Å². The molecular formula is C21H22N4O. The van der Waals surface area contributed by atoms with Crippen LogP contribution in [-0.4, -0.2) is 16.1 Å². The fraction of sp³-hybridized carbons (Fsp3) is 0.238. The van der Waals surface area contributed by atoms with Crippen molar-refractivity contribution in [3.63, 3.8) is 0 Å². The molecule has 26 heavy (non-hydrogen) atoms. The molecule has 5 nitrogen and oxygen atoms in total. The van der Waals surface area contributed by atoms with E-state index >= 15 is 0 Å². The summed E-state index contributed by atoms with van der Waals surface area (Å²) in [4.78, 5) is 12.6. The van der Waals surface area contributed by atoms with E-state index in [1.54, 1.807) is 0 Å². The maximum Gasteiger partial charge on any atom is 0.232 e. The second kappa shape index (κ2) is 6.67. The predicted molar refractivity (Wildman–Crippen MR) is 104 cm³/mol. The number of rotatable bonds is 5. The van der Waals surface area contributed by atoms with Gasteiger partial charge in [-0.15, -0.1) is 0 Å². The van der Waals surface area contributed by atoms with Crippen molar-refractivity contribution in [2.75, 3.05) is 11.1 Å². The van der Waals surface area contributed by atoms with E-state index in [0.717, 1.165) is 28.1 Å². The van der Waals surface area contributed by atoms with E-state index < -0.39 is 0 Å². The molecule has 5 heteroatoms. The van der Waals surface area contributed by atoms with Crippen LogP contribution in [0.2, 0.25) is 0 Å². The Labute approximate surface area is 152 Å². The molecule has 1 heterocycles. The summed E-state index contributed by atoms with van der Waals surface area (Å²) < 4.78 is 0. The third-order valence-corrected chi connectivity index (χ3v) is 4.92. The SMILES string of the molecule is CC(C(=O)Nc1cc(C2CC2)[nH]n1)c1cccc(-c2ccccc2N)c1. The van der Waals surface area contributed by atoms with Crippen LogP contribution in [0.5, 0.6) is 0 Å². The summed E-state index contributed by atoms with van der Waals surface area (Å²) in [6, 6.07) is 17.6. The van der Waals surface area contributed by atoms with Crippen LogP contribution < -0.4 is 11.1 Å². The monoisotopic (exact) mass is 346 g/mol. The van der Waals surface area contributed by atoms with Gasteiger partial charge in [0.25, 0.3) is 0 Å². The van der Waals surface area contributed by atoms with Crippen LogP contribution >= 0.6 is 0 Å². The molecule has 1 aromatic heterocycles. The minimum Gasteiger partial charge on any atom is -0.398 e. The molecule has 4 N–H and O–H groups in total. The van der Waals surface area contributed by atoms with Crippen molar-refractivity contribution < 1.29 is 4.79 Å². The van der Waals surface area contributed by atoms with Gasteiger partial charge >= 0.3 is 0 Å². The van der Waals surface area contributed by atoms with E-state index in [1.807, 2.05) is 61.5 Å². The van der Waals surface area contributed by atoms with E-state index in [-0.39, 0.29) is 11.8 Å². The van der Waals surface area contributed by atoms with E-state index in [0.29, 0.717) is 11.7 Å². The second-order valence-corrected chi connectivity index (χ2v) is 6.91. The Hall–Kier alpha value is -3.08. The van der Waals surface area contributed by atoms with Crippen LogP contribution in [0.3, 0.4) is 0 Å². The fourth-order valence-corrected chi connectivity index (χ4v) is 3.13. The topological polar surface area (TPSA) is 83.8 Å². The molecule has 3 aromatic rings. The number of nitrogens with one attached hydrogen (secondary N) is 2. The number of hydrogen-bond acceptors (Lipinski definition) is 3. The number of para-hydroxylation sites is 1. The number of H-pyrrole nitrogens is 1. The van der Waals surface area contributed by atoms with Crippen molar-refractivity contribution in [1.82, 2.24) is 10.2 Å². The summed E-state index contributed by atoms with van der Waals surface area (Å²) in [6.07, 6.45) is 2.39. The van der Waals surface area contributed by atoms with E-state index in [1.165, 1.54) is 12.8 Å². The average molecular weight is 346 g/mol. The number of amides is 1. The van der Waals surface area contributed by atoms with Crippen molar-refractivity contribution in [2.45, 2.75) is 31.6 Å². The molecule has 2 aromatic carbocycles. The van der Waals surface area contributed by atoms with Crippen LogP contribution in [0.4, 0.5) is 11.5 Å². The molecule has 0 radical (unpaired) electrons. The smallest absolute Gasteiger partial charge is 0.232 e. The molecule has 0 bridgehead atoms. The highest BCUT2D eigenvalue weighted by Gasteiger charge is 2.26. The largest absolute Gasteiger partial charge is 0.398 e. The Morgan fingerprint density at radius 3 is 2.77 bits per heavy atom. The molecule has 1 unspecified atom stereocenters. The summed E-state index contributed by atoms with van der Waals surface area (Å²) >= 11 is 0. The molecule has 0 aliphatic heterocycles. The number of nitrogens with zero attached hydrogens (tertiary/aromatic N) is 1. The zero-order valence-electron chi connectivity index (χ0n) is 14.7. The molecule has 132 valence electrons. The maximum atomic E-state index is 12.6. The Kier molecular flexibility index (Phi) is 4.21. The maximum absolute atomic E-state index is 12.6. The van der Waals surface area contributed by atoms with Gasteiger partial charge < -0.3 is 11.1 Å². The summed E-state index contributed by atoms with van der Waals surface area (Å²) in [5.41, 5.74) is 10.8. The molecule has 1 aliphatic rings. The molecule has 0 spiro atoms. The van der Waals surface area contributed by atoms with Crippen molar-refractivity contribution in [1.29, 1.82) is 0 Å². The number of carbonyl (C=O) groups is 1. The summed E-state index contributed by atoms with van der Waals surface area (Å²) in [5, 5.41) is 10.1. The van der Waals surface area contributed by atoms with Gasteiger partial charge in [-0.05, 0) is 37.0 Å². The zero-order valence-corrected chi connectivity index (χ0v) is 14.7. The lowest BCUT2D eigenvalue weighted by atomic mass is 9.95. The first kappa shape index (κ1) is 16.4. The third kappa shape index (κ3) is 3.33. The first-order valence-corrected chi connectivity index (χ1v) is 8.93. The Morgan fingerprint density at radius 1 is 1.19 bits per heavy atom. The highest BCUT2D eigenvalue weighted by atomic mass is 16.1. The number of hydrogen-bond donors (Lipinski definition) is 3. The number of aromatic amines is 1. The van der Waals surface area contributed by atoms with E-state index in [4.69, 9.17) is 5.73 Å². The van der Waals surface area contributed by atoms with Gasteiger partial charge in [0, 0.05) is 28.9 Å². The lowest BCUT2D eigenvalue weighted by molar-refractivity contribution is -0.117. The van der Waals surface area contributed by atoms with Crippen LogP contribution in [0, 0.1) is 0 Å². The molecular weight excluding hydrogens is 324 g/mol. The average Bonchev–Trinajstić information content (AvgIpc) is 3.41. The highest BCUT2D eigenvalue weighted by molar-refractivity contribution is 5.95. The molecule has 4 rings (SSSR count). The van der Waals surface area contributed by atoms with Gasteiger partial charge in [-0.25, -0.2) is 0 Å². The minimum absolute atomic E-state index is 0.0722. The Balaban J connectivity index is 1.51. The summed E-state index contributed by atoms with van der Waals surface area (Å²) in [5.74, 6) is 0.809. The third-order valence-electron chi connectivity index (χ3n) is 4.92. The van der Waals surface area contributed by atoms with E-state index in [9.17, 15) is 4.79 Å². The van der Waals surface area contributed by atoms with Gasteiger partial charge in [0.1, 0.15) is 0 Å². The number of nitrogens with two attached hydrogens (primary N) is 1. The van der Waals surface area contributed by atoms with Crippen LogP contribution in [0.15, 0.2) is 54.6 Å². The van der Waals surface area contributed by atoms with Crippen molar-refractivity contribution >= 4 is 17.4 Å². The highest BCUT2D eigenvalue weighted by Crippen LogP contribution is 2.39. The fourth-order valence-electron chi connectivity index (χ4n) is 3.13. The van der Waals surface area contributed by atoms with Gasteiger partial charge in [0.2, 0.25) is 5.91 Å². The second-order valence-electron chi connectivity index (χ2n) is 6.91.